The van der Waals surface area contributed by atoms with Crippen molar-refractivity contribution in [3.63, 3.8) is 0 Å². The number of ether oxygens (including phenoxy) is 3. The van der Waals surface area contributed by atoms with Gasteiger partial charge in [0.15, 0.2) is 11.5 Å². The Balaban J connectivity index is 2.36. The van der Waals surface area contributed by atoms with Crippen LogP contribution in [0.2, 0.25) is 0 Å². The van der Waals surface area contributed by atoms with Crippen molar-refractivity contribution < 1.29 is 28.9 Å². The molecule has 1 amide bonds. The second-order valence-electron chi connectivity index (χ2n) is 4.87. The molecule has 0 aromatic heterocycles. The highest BCUT2D eigenvalue weighted by molar-refractivity contribution is 7.99. The molecule has 126 valence electrons. The number of benzene rings is 1. The van der Waals surface area contributed by atoms with E-state index in [1.165, 1.54) is 38.0 Å². The topological polar surface area (TPSA) is 88.1 Å². The molecule has 0 aliphatic carbocycles. The predicted molar refractivity (Wildman–Crippen MR) is 82.3 cm³/mol. The second kappa shape index (κ2) is 7.56. The largest absolute Gasteiger partial charge is 0.548 e. The molecule has 1 heterocycles. The number of thioether (sulfide) groups is 1. The van der Waals surface area contributed by atoms with Crippen LogP contribution in [0.4, 0.5) is 0 Å². The van der Waals surface area contributed by atoms with E-state index in [2.05, 4.69) is 0 Å². The van der Waals surface area contributed by atoms with Crippen molar-refractivity contribution in [1.82, 2.24) is 4.90 Å². The average molecular weight is 340 g/mol. The van der Waals surface area contributed by atoms with Crippen molar-refractivity contribution in [2.24, 2.45) is 0 Å². The third-order valence-electron chi connectivity index (χ3n) is 3.52. The van der Waals surface area contributed by atoms with Crippen molar-refractivity contribution in [2.45, 2.75) is 11.4 Å². The van der Waals surface area contributed by atoms with Gasteiger partial charge in [0.1, 0.15) is 12.0 Å². The Morgan fingerprint density at radius 1 is 1.26 bits per heavy atom. The Morgan fingerprint density at radius 2 is 1.96 bits per heavy atom. The van der Waals surface area contributed by atoms with Gasteiger partial charge in [0.2, 0.25) is 5.91 Å². The van der Waals surface area contributed by atoms with Crippen LogP contribution < -0.4 is 14.6 Å². The summed E-state index contributed by atoms with van der Waals surface area (Å²) in [5.41, 5.74) is 0.751. The van der Waals surface area contributed by atoms with Gasteiger partial charge in [0.05, 0.1) is 26.2 Å². The lowest BCUT2D eigenvalue weighted by atomic mass is 10.1. The summed E-state index contributed by atoms with van der Waals surface area (Å²) in [7, 11) is 4.43. The molecule has 1 aliphatic rings. The van der Waals surface area contributed by atoms with Gasteiger partial charge in [-0.3, -0.25) is 4.79 Å². The number of rotatable bonds is 6. The predicted octanol–water partition coefficient (Wildman–Crippen LogP) is 0.0427. The molecule has 1 aromatic carbocycles. The van der Waals surface area contributed by atoms with Gasteiger partial charge in [-0.1, -0.05) is 6.07 Å². The summed E-state index contributed by atoms with van der Waals surface area (Å²) in [4.78, 5) is 24.9. The minimum Gasteiger partial charge on any atom is -0.548 e. The zero-order valence-corrected chi connectivity index (χ0v) is 13.9. The number of nitrogens with zero attached hydrogens (tertiary/aromatic N) is 1. The van der Waals surface area contributed by atoms with Gasteiger partial charge in [0.25, 0.3) is 0 Å². The summed E-state index contributed by atoms with van der Waals surface area (Å²) in [5.74, 6) is -0.333. The first-order chi connectivity index (χ1) is 11.0. The Bertz CT molecular complexity index is 593. The number of hydrogen-bond acceptors (Lipinski definition) is 7. The molecule has 1 aromatic rings. The molecular formula is C15H18NO6S-. The molecule has 23 heavy (non-hydrogen) atoms. The summed E-state index contributed by atoms with van der Waals surface area (Å²) in [6, 6.07) is 4.26. The lowest BCUT2D eigenvalue weighted by Crippen LogP contribution is -2.49. The summed E-state index contributed by atoms with van der Waals surface area (Å²) >= 11 is 1.36. The molecule has 7 nitrogen and oxygen atoms in total. The molecule has 8 heteroatoms. The SMILES string of the molecule is COCC(=O)N1[C@@H](C(=O)[O-])CS[C@@H]1c1ccc(OC)c(OC)c1. The number of methoxy groups -OCH3 is 3. The first kappa shape index (κ1) is 17.4. The maximum atomic E-state index is 12.3. The van der Waals surface area contributed by atoms with E-state index >= 15 is 0 Å². The zero-order chi connectivity index (χ0) is 17.0. The van der Waals surface area contributed by atoms with Crippen molar-refractivity contribution in [2.75, 3.05) is 33.7 Å². The highest BCUT2D eigenvalue weighted by Crippen LogP contribution is 2.43. The molecule has 1 saturated heterocycles. The van der Waals surface area contributed by atoms with Gasteiger partial charge >= 0.3 is 0 Å². The molecule has 0 bridgehead atoms. The number of carbonyl (C=O) groups excluding carboxylic acids is 2. The fraction of sp³-hybridized carbons (Fsp3) is 0.467. The minimum atomic E-state index is -1.27. The van der Waals surface area contributed by atoms with E-state index < -0.39 is 23.3 Å². The highest BCUT2D eigenvalue weighted by Gasteiger charge is 2.39. The zero-order valence-electron chi connectivity index (χ0n) is 13.1. The molecule has 0 saturated carbocycles. The molecule has 1 fully saturated rings. The third-order valence-corrected chi connectivity index (χ3v) is 4.84. The Labute approximate surface area is 138 Å². The van der Waals surface area contributed by atoms with Gasteiger partial charge in [0, 0.05) is 12.9 Å². The van der Waals surface area contributed by atoms with Crippen LogP contribution in [0.25, 0.3) is 0 Å². The van der Waals surface area contributed by atoms with E-state index in [4.69, 9.17) is 14.2 Å². The summed E-state index contributed by atoms with van der Waals surface area (Å²) in [6.45, 7) is -0.186. The fourth-order valence-electron chi connectivity index (χ4n) is 2.45. The van der Waals surface area contributed by atoms with Crippen LogP contribution in [0, 0.1) is 0 Å². The van der Waals surface area contributed by atoms with E-state index in [1.54, 1.807) is 18.2 Å². The number of aliphatic carboxylic acids is 1. The smallest absolute Gasteiger partial charge is 0.250 e. The normalized spacial score (nSPS) is 20.4. The Hall–Kier alpha value is -1.93. The maximum absolute atomic E-state index is 12.3. The number of amides is 1. The van der Waals surface area contributed by atoms with Crippen LogP contribution in [-0.2, 0) is 14.3 Å². The Morgan fingerprint density at radius 3 is 2.52 bits per heavy atom. The summed E-state index contributed by atoms with van der Waals surface area (Å²) in [5, 5.41) is 10.9. The Kier molecular flexibility index (Phi) is 5.73. The summed E-state index contributed by atoms with van der Waals surface area (Å²) in [6.07, 6.45) is 0. The number of carbonyl (C=O) groups is 2. The standard InChI is InChI=1S/C15H19NO6S/c1-20-7-13(17)16-10(15(18)19)8-23-14(16)9-4-5-11(21-2)12(6-9)22-3/h4-6,10,14H,7-8H2,1-3H3,(H,18,19)/p-1/t10-,14-/m1/s1. The van der Waals surface area contributed by atoms with Crippen LogP contribution in [0.5, 0.6) is 11.5 Å². The molecule has 0 spiro atoms. The van der Waals surface area contributed by atoms with E-state index in [0.29, 0.717) is 11.5 Å². The lowest BCUT2D eigenvalue weighted by Gasteiger charge is -2.30. The van der Waals surface area contributed by atoms with Crippen LogP contribution >= 0.6 is 11.8 Å². The monoisotopic (exact) mass is 340 g/mol. The number of carboxylic acids is 1. The molecular weight excluding hydrogens is 322 g/mol. The maximum Gasteiger partial charge on any atom is 0.250 e. The summed E-state index contributed by atoms with van der Waals surface area (Å²) < 4.78 is 15.3. The van der Waals surface area contributed by atoms with Gasteiger partial charge in [-0.2, -0.15) is 0 Å². The minimum absolute atomic E-state index is 0.186. The molecule has 1 aliphatic heterocycles. The van der Waals surface area contributed by atoms with Crippen LogP contribution in [0.1, 0.15) is 10.9 Å². The first-order valence-corrected chi connectivity index (χ1v) is 7.92. The fourth-order valence-corrected chi connectivity index (χ4v) is 3.88. The molecule has 2 atom stereocenters. The van der Waals surface area contributed by atoms with Crippen LogP contribution in [0.3, 0.4) is 0 Å². The van der Waals surface area contributed by atoms with Gasteiger partial charge < -0.3 is 29.0 Å². The van der Waals surface area contributed by atoms with Crippen LogP contribution in [-0.4, -0.2) is 56.5 Å². The van der Waals surface area contributed by atoms with Crippen LogP contribution in [0.15, 0.2) is 18.2 Å². The van der Waals surface area contributed by atoms with E-state index in [9.17, 15) is 14.7 Å². The number of hydrogen-bond donors (Lipinski definition) is 0. The van der Waals surface area contributed by atoms with Gasteiger partial charge in [-0.25, -0.2) is 0 Å². The van der Waals surface area contributed by atoms with E-state index in [-0.39, 0.29) is 12.4 Å². The molecule has 0 unspecified atom stereocenters. The highest BCUT2D eigenvalue weighted by atomic mass is 32.2. The molecule has 0 radical (unpaired) electrons. The van der Waals surface area contributed by atoms with Gasteiger partial charge in [-0.15, -0.1) is 11.8 Å². The third kappa shape index (κ3) is 3.53. The average Bonchev–Trinajstić information content (AvgIpc) is 2.99. The van der Waals surface area contributed by atoms with Crippen molar-refractivity contribution in [1.29, 1.82) is 0 Å². The first-order valence-electron chi connectivity index (χ1n) is 6.88. The van der Waals surface area contributed by atoms with E-state index in [1.807, 2.05) is 0 Å². The van der Waals surface area contributed by atoms with Crippen molar-refractivity contribution in [3.05, 3.63) is 23.8 Å². The second-order valence-corrected chi connectivity index (χ2v) is 5.98. The van der Waals surface area contributed by atoms with E-state index in [0.717, 1.165) is 5.56 Å². The quantitative estimate of drug-likeness (QED) is 0.722. The van der Waals surface area contributed by atoms with Crippen molar-refractivity contribution >= 4 is 23.6 Å². The lowest BCUT2D eigenvalue weighted by molar-refractivity contribution is -0.310. The number of carboxylic acid groups (broad SMARTS) is 1. The van der Waals surface area contributed by atoms with Gasteiger partial charge in [-0.05, 0) is 17.7 Å². The molecule has 2 rings (SSSR count). The molecule has 0 N–H and O–H groups in total. The van der Waals surface area contributed by atoms with Crippen molar-refractivity contribution in [3.8, 4) is 11.5 Å².